The van der Waals surface area contributed by atoms with Crippen molar-refractivity contribution in [3.05, 3.63) is 29.6 Å². The van der Waals surface area contributed by atoms with E-state index in [9.17, 15) is 14.3 Å². The van der Waals surface area contributed by atoms with Crippen LogP contribution in [0.3, 0.4) is 0 Å². The fourth-order valence-corrected chi connectivity index (χ4v) is 8.44. The van der Waals surface area contributed by atoms with Crippen molar-refractivity contribution in [1.29, 1.82) is 5.26 Å². The topological polar surface area (TPSA) is 70.3 Å². The molecule has 0 spiro atoms. The third kappa shape index (κ3) is 3.75. The minimum absolute atomic E-state index is 0.00966. The normalized spacial score (nSPS) is 43.2. The van der Waals surface area contributed by atoms with Crippen LogP contribution in [0.5, 0.6) is 5.75 Å². The summed E-state index contributed by atoms with van der Waals surface area (Å²) >= 11 is 0. The predicted octanol–water partition coefficient (Wildman–Crippen LogP) is 5.76. The Kier molecular flexibility index (Phi) is 5.79. The summed E-state index contributed by atoms with van der Waals surface area (Å²) in [5, 5.41) is 19.4. The Morgan fingerprint density at radius 2 is 1.94 bits per heavy atom. The van der Waals surface area contributed by atoms with Gasteiger partial charge in [0.2, 0.25) is 0 Å². The van der Waals surface area contributed by atoms with E-state index in [0.29, 0.717) is 25.2 Å². The van der Waals surface area contributed by atoms with E-state index >= 15 is 4.39 Å². The van der Waals surface area contributed by atoms with Crippen LogP contribution in [-0.2, 0) is 4.79 Å². The fraction of sp³-hybridized carbons (Fsp3) is 0.714. The van der Waals surface area contributed by atoms with Gasteiger partial charge >= 0.3 is 0 Å². The van der Waals surface area contributed by atoms with Gasteiger partial charge in [0.1, 0.15) is 12.3 Å². The van der Waals surface area contributed by atoms with Gasteiger partial charge in [-0.15, -0.1) is 0 Å². The molecule has 5 rings (SSSR count). The summed E-state index contributed by atoms with van der Waals surface area (Å²) in [5.41, 5.74) is -1.91. The molecule has 4 aliphatic carbocycles. The number of Topliss-reactive ketones (excluding diaryl/α,β-unsaturated/α-hetero) is 1. The van der Waals surface area contributed by atoms with Gasteiger partial charge < -0.3 is 9.84 Å². The SMILES string of the molecule is C[C@@]1(O)CC[C@@]2(F)[C@H](CCC3[C@@H]4CC[C@H](C(=O)COc5ccc(C#N)cc5F)[C@@]4(C)CC[C@@H]32)C1. The number of benzene rings is 1. The molecule has 0 amide bonds. The highest BCUT2D eigenvalue weighted by molar-refractivity contribution is 5.83. The van der Waals surface area contributed by atoms with Crippen molar-refractivity contribution in [2.45, 2.75) is 82.9 Å². The zero-order chi connectivity index (χ0) is 24.3. The number of carbonyl (C=O) groups excluding carboxylic acids is 1. The highest BCUT2D eigenvalue weighted by Gasteiger charge is 2.63. The second-order valence-electron chi connectivity index (χ2n) is 12.0. The van der Waals surface area contributed by atoms with Crippen LogP contribution in [-0.4, -0.2) is 28.8 Å². The largest absolute Gasteiger partial charge is 0.483 e. The second kappa shape index (κ2) is 8.29. The smallest absolute Gasteiger partial charge is 0.173 e. The van der Waals surface area contributed by atoms with Crippen molar-refractivity contribution in [1.82, 2.24) is 0 Å². The standard InChI is InChI=1S/C28H35F2NO3/c1-26(33)11-12-28(30)18(14-26)4-5-19-20-6-7-22(27(20,2)10-9-21(19)28)24(32)16-34-25-8-3-17(15-31)13-23(25)29/h3,8,13,18-22,33H,4-7,9-12,14,16H2,1-2H3/t18-,19?,20+,21+,22-,26-,27+,28-/m1/s1. The summed E-state index contributed by atoms with van der Waals surface area (Å²) in [5.74, 6) is -0.235. The third-order valence-corrected chi connectivity index (χ3v) is 10.1. The van der Waals surface area contributed by atoms with Gasteiger partial charge in [0.05, 0.1) is 17.2 Å². The molecule has 0 radical (unpaired) electrons. The molecule has 0 aromatic heterocycles. The fourth-order valence-electron chi connectivity index (χ4n) is 8.44. The first-order valence-corrected chi connectivity index (χ1v) is 12.8. The highest BCUT2D eigenvalue weighted by Crippen LogP contribution is 2.66. The maximum absolute atomic E-state index is 16.5. The first-order valence-electron chi connectivity index (χ1n) is 12.8. The number of nitriles is 1. The Morgan fingerprint density at radius 1 is 1.15 bits per heavy atom. The number of nitrogens with zero attached hydrogens (tertiary/aromatic N) is 1. The molecule has 0 saturated heterocycles. The number of alkyl halides is 1. The molecule has 4 aliphatic rings. The average molecular weight is 472 g/mol. The van der Waals surface area contributed by atoms with E-state index in [1.165, 1.54) is 12.1 Å². The van der Waals surface area contributed by atoms with Gasteiger partial charge in [0.15, 0.2) is 17.3 Å². The number of halogens is 2. The molecule has 1 N–H and O–H groups in total. The summed E-state index contributed by atoms with van der Waals surface area (Å²) in [6.07, 6.45) is 6.65. The van der Waals surface area contributed by atoms with Crippen molar-refractivity contribution in [2.75, 3.05) is 6.61 Å². The van der Waals surface area contributed by atoms with Gasteiger partial charge in [-0.25, -0.2) is 8.78 Å². The van der Waals surface area contributed by atoms with Gasteiger partial charge in [-0.1, -0.05) is 6.92 Å². The number of rotatable bonds is 4. The first-order chi connectivity index (χ1) is 16.1. The number of carbonyl (C=O) groups is 1. The lowest BCUT2D eigenvalue weighted by Gasteiger charge is -2.59. The zero-order valence-electron chi connectivity index (χ0n) is 20.2. The molecular weight excluding hydrogens is 436 g/mol. The van der Waals surface area contributed by atoms with Gasteiger partial charge in [0.25, 0.3) is 0 Å². The molecule has 6 heteroatoms. The van der Waals surface area contributed by atoms with E-state index in [2.05, 4.69) is 6.92 Å². The Labute approximate surface area is 200 Å². The van der Waals surface area contributed by atoms with Gasteiger partial charge in [-0.2, -0.15) is 5.26 Å². The van der Waals surface area contributed by atoms with Crippen LogP contribution in [0, 0.1) is 52.2 Å². The van der Waals surface area contributed by atoms with Crippen molar-refractivity contribution in [3.63, 3.8) is 0 Å². The number of ether oxygens (including phenoxy) is 1. The van der Waals surface area contributed by atoms with Crippen molar-refractivity contribution in [2.24, 2.45) is 35.0 Å². The summed E-state index contributed by atoms with van der Waals surface area (Å²) in [7, 11) is 0. The highest BCUT2D eigenvalue weighted by atomic mass is 19.1. The zero-order valence-corrected chi connectivity index (χ0v) is 20.2. The summed E-state index contributed by atoms with van der Waals surface area (Å²) < 4.78 is 36.2. The van der Waals surface area contributed by atoms with Crippen LogP contribution in [0.1, 0.15) is 77.2 Å². The van der Waals surface area contributed by atoms with Gasteiger partial charge in [0, 0.05) is 5.92 Å². The molecule has 1 aromatic rings. The molecule has 34 heavy (non-hydrogen) atoms. The Bertz CT molecular complexity index is 1020. The predicted molar refractivity (Wildman–Crippen MR) is 123 cm³/mol. The molecule has 184 valence electrons. The van der Waals surface area contributed by atoms with E-state index in [1.54, 1.807) is 0 Å². The van der Waals surface area contributed by atoms with Gasteiger partial charge in [-0.05, 0) is 112 Å². The quantitative estimate of drug-likeness (QED) is 0.606. The molecule has 0 heterocycles. The summed E-state index contributed by atoms with van der Waals surface area (Å²) in [6.45, 7) is 3.86. The van der Waals surface area contributed by atoms with Gasteiger partial charge in [-0.3, -0.25) is 4.79 Å². The van der Waals surface area contributed by atoms with Crippen LogP contribution in [0.25, 0.3) is 0 Å². The lowest BCUT2D eigenvalue weighted by molar-refractivity contribution is -0.166. The number of hydrogen-bond donors (Lipinski definition) is 1. The van der Waals surface area contributed by atoms with Crippen LogP contribution in [0.2, 0.25) is 0 Å². The monoisotopic (exact) mass is 471 g/mol. The molecule has 8 atom stereocenters. The molecule has 0 aliphatic heterocycles. The molecule has 0 bridgehead atoms. The number of hydrogen-bond acceptors (Lipinski definition) is 4. The Hall–Kier alpha value is -2.00. The number of fused-ring (bicyclic) bond motifs is 5. The summed E-state index contributed by atoms with van der Waals surface area (Å²) in [6, 6.07) is 5.87. The molecule has 4 nitrogen and oxygen atoms in total. The molecular formula is C28H35F2NO3. The molecule has 1 unspecified atom stereocenters. The number of ketones is 1. The van der Waals surface area contributed by atoms with E-state index < -0.39 is 17.1 Å². The molecule has 1 aromatic carbocycles. The van der Waals surface area contributed by atoms with Crippen LogP contribution >= 0.6 is 0 Å². The summed E-state index contributed by atoms with van der Waals surface area (Å²) in [4.78, 5) is 13.2. The van der Waals surface area contributed by atoms with E-state index in [-0.39, 0.29) is 52.8 Å². The second-order valence-corrected chi connectivity index (χ2v) is 12.0. The maximum atomic E-state index is 16.5. The lowest BCUT2D eigenvalue weighted by Crippen LogP contribution is -2.58. The molecule has 4 fully saturated rings. The molecule has 4 saturated carbocycles. The van der Waals surface area contributed by atoms with Crippen molar-refractivity contribution < 1.29 is 23.4 Å². The van der Waals surface area contributed by atoms with Crippen LogP contribution in [0.15, 0.2) is 18.2 Å². The van der Waals surface area contributed by atoms with E-state index in [0.717, 1.165) is 44.6 Å². The van der Waals surface area contributed by atoms with Crippen molar-refractivity contribution >= 4 is 5.78 Å². The van der Waals surface area contributed by atoms with E-state index in [4.69, 9.17) is 10.00 Å². The number of aliphatic hydroxyl groups is 1. The van der Waals surface area contributed by atoms with Crippen LogP contribution in [0.4, 0.5) is 8.78 Å². The average Bonchev–Trinajstić information content (AvgIpc) is 3.15. The minimum Gasteiger partial charge on any atom is -0.483 e. The Balaban J connectivity index is 1.28. The van der Waals surface area contributed by atoms with Crippen LogP contribution < -0.4 is 4.74 Å². The third-order valence-electron chi connectivity index (χ3n) is 10.1. The lowest BCUT2D eigenvalue weighted by atomic mass is 9.48. The van der Waals surface area contributed by atoms with Crippen molar-refractivity contribution in [3.8, 4) is 11.8 Å². The first kappa shape index (κ1) is 23.7. The van der Waals surface area contributed by atoms with E-state index in [1.807, 2.05) is 13.0 Å². The minimum atomic E-state index is -1.19. The Morgan fingerprint density at radius 3 is 2.68 bits per heavy atom. The maximum Gasteiger partial charge on any atom is 0.173 e.